The van der Waals surface area contributed by atoms with E-state index < -0.39 is 40.5 Å². The van der Waals surface area contributed by atoms with Gasteiger partial charge in [0.15, 0.2) is 12.1 Å². The van der Waals surface area contributed by atoms with Crippen LogP contribution in [0.25, 0.3) is 0 Å². The van der Waals surface area contributed by atoms with E-state index in [9.17, 15) is 29.7 Å². The van der Waals surface area contributed by atoms with Gasteiger partial charge < -0.3 is 20.1 Å². The largest absolute Gasteiger partial charge is 0.544 e. The minimum Gasteiger partial charge on any atom is -0.544 e. The zero-order valence-corrected chi connectivity index (χ0v) is 25.5. The van der Waals surface area contributed by atoms with E-state index in [1.807, 2.05) is 0 Å². The Labute approximate surface area is 238 Å². The number of nitrogens with zero attached hydrogens (tertiary/aromatic N) is 1. The number of quaternary nitrogens is 1. The van der Waals surface area contributed by atoms with Crippen LogP contribution in [0.2, 0.25) is 0 Å². The number of carbonyl (C=O) groups is 3. The van der Waals surface area contributed by atoms with Crippen molar-refractivity contribution in [2.45, 2.75) is 168 Å². The highest BCUT2D eigenvalue weighted by atomic mass is 16.4. The van der Waals surface area contributed by atoms with Gasteiger partial charge in [0.05, 0.1) is 12.5 Å². The normalized spacial score (nSPS) is 15.6. The molecule has 0 radical (unpaired) electrons. The molecule has 0 spiro atoms. The van der Waals surface area contributed by atoms with Crippen LogP contribution in [-0.2, 0) is 14.4 Å². The first-order chi connectivity index (χ1) is 18.7. The monoisotopic (exact) mass is 553 g/mol. The first-order valence-electron chi connectivity index (χ1n) is 15.9. The number of unbranched alkanes of at least 4 members (excludes halogenated alkanes) is 14. The van der Waals surface area contributed by atoms with Crippen molar-refractivity contribution in [3.63, 3.8) is 0 Å². The topological polar surface area (TPSA) is 115 Å². The number of hydrogen-bond acceptors (Lipinski definition) is 4. The second-order valence-electron chi connectivity index (χ2n) is 11.1. The highest BCUT2D eigenvalue weighted by Gasteiger charge is 2.53. The molecule has 0 aliphatic carbocycles. The molecular formula is C32H59NO6. The third-order valence-electron chi connectivity index (χ3n) is 8.30. The van der Waals surface area contributed by atoms with Gasteiger partial charge in [-0.3, -0.25) is 4.48 Å². The van der Waals surface area contributed by atoms with Crippen LogP contribution in [-0.4, -0.2) is 57.3 Å². The van der Waals surface area contributed by atoms with Crippen LogP contribution in [0.4, 0.5) is 0 Å². The van der Waals surface area contributed by atoms with Crippen molar-refractivity contribution in [3.8, 4) is 0 Å². The van der Waals surface area contributed by atoms with Crippen LogP contribution in [0.15, 0.2) is 12.2 Å². The van der Waals surface area contributed by atoms with Gasteiger partial charge in [-0.05, 0) is 19.3 Å². The quantitative estimate of drug-likeness (QED) is 0.0651. The van der Waals surface area contributed by atoms with Gasteiger partial charge in [-0.25, -0.2) is 9.59 Å². The summed E-state index contributed by atoms with van der Waals surface area (Å²) in [5.41, 5.74) is 0. The molecule has 0 bridgehead atoms. The molecule has 0 saturated heterocycles. The number of hydrogen-bond donors (Lipinski definition) is 2. The second-order valence-corrected chi connectivity index (χ2v) is 11.1. The average molecular weight is 554 g/mol. The summed E-state index contributed by atoms with van der Waals surface area (Å²) in [6.07, 6.45) is 24.0. The molecule has 0 aromatic carbocycles. The lowest BCUT2D eigenvalue weighted by molar-refractivity contribution is -0.974. The molecule has 39 heavy (non-hydrogen) atoms. The lowest BCUT2D eigenvalue weighted by Gasteiger charge is -2.51. The van der Waals surface area contributed by atoms with Gasteiger partial charge in [0.25, 0.3) is 0 Å². The molecule has 0 aliphatic rings. The summed E-state index contributed by atoms with van der Waals surface area (Å²) in [5.74, 6) is -3.69. The number of carbonyl (C=O) groups excluding carboxylic acids is 1. The zero-order valence-electron chi connectivity index (χ0n) is 25.5. The van der Waals surface area contributed by atoms with Crippen molar-refractivity contribution in [2.24, 2.45) is 0 Å². The summed E-state index contributed by atoms with van der Waals surface area (Å²) in [6.45, 7) is 7.44. The Morgan fingerprint density at radius 3 is 1.28 bits per heavy atom. The van der Waals surface area contributed by atoms with Crippen molar-refractivity contribution in [1.82, 2.24) is 0 Å². The van der Waals surface area contributed by atoms with E-state index in [0.29, 0.717) is 12.8 Å². The predicted octanol–water partition coefficient (Wildman–Crippen LogP) is 6.88. The smallest absolute Gasteiger partial charge is 0.362 e. The third kappa shape index (κ3) is 13.8. The van der Waals surface area contributed by atoms with E-state index in [1.54, 1.807) is 20.8 Å². The zero-order chi connectivity index (χ0) is 29.5. The summed E-state index contributed by atoms with van der Waals surface area (Å²) < 4.78 is -0.497. The Kier molecular flexibility index (Phi) is 21.8. The molecule has 2 N–H and O–H groups in total. The van der Waals surface area contributed by atoms with E-state index in [-0.39, 0.29) is 25.8 Å². The van der Waals surface area contributed by atoms with Gasteiger partial charge >= 0.3 is 11.9 Å². The van der Waals surface area contributed by atoms with Gasteiger partial charge in [-0.2, -0.15) is 0 Å². The number of carboxylic acids is 3. The van der Waals surface area contributed by atoms with Gasteiger partial charge in [0, 0.05) is 25.7 Å². The molecule has 0 rings (SSSR count). The van der Waals surface area contributed by atoms with Crippen LogP contribution in [0.1, 0.15) is 150 Å². The Morgan fingerprint density at radius 1 is 0.590 bits per heavy atom. The maximum Gasteiger partial charge on any atom is 0.362 e. The van der Waals surface area contributed by atoms with Crippen LogP contribution < -0.4 is 5.11 Å². The third-order valence-corrected chi connectivity index (χ3v) is 8.30. The fraction of sp³-hybridized carbons (Fsp3) is 0.844. The lowest BCUT2D eigenvalue weighted by atomic mass is 9.94. The van der Waals surface area contributed by atoms with Gasteiger partial charge in [-0.15, -0.1) is 0 Å². The number of aliphatic carboxylic acids is 3. The Bertz CT molecular complexity index is 637. The number of allylic oxidation sites excluding steroid dienone is 2. The molecule has 0 aliphatic heterocycles. The Balaban J connectivity index is 4.66. The molecule has 0 heterocycles. The summed E-state index contributed by atoms with van der Waals surface area (Å²) in [5, 5.41) is 32.1. The molecule has 0 amide bonds. The van der Waals surface area contributed by atoms with Crippen molar-refractivity contribution < 1.29 is 34.2 Å². The van der Waals surface area contributed by atoms with E-state index in [2.05, 4.69) is 19.1 Å². The molecule has 3 atom stereocenters. The van der Waals surface area contributed by atoms with Crippen LogP contribution in [0.3, 0.4) is 0 Å². The van der Waals surface area contributed by atoms with E-state index in [0.717, 1.165) is 12.8 Å². The Morgan fingerprint density at radius 2 is 0.949 bits per heavy atom. The fourth-order valence-corrected chi connectivity index (χ4v) is 6.26. The molecule has 7 heteroatoms. The van der Waals surface area contributed by atoms with Crippen LogP contribution in [0.5, 0.6) is 0 Å². The summed E-state index contributed by atoms with van der Waals surface area (Å²) in [4.78, 5) is 36.6. The molecule has 7 nitrogen and oxygen atoms in total. The lowest BCUT2D eigenvalue weighted by Crippen LogP contribution is -2.73. The van der Waals surface area contributed by atoms with Gasteiger partial charge in [0.2, 0.25) is 0 Å². The Hall–Kier alpha value is -1.89. The van der Waals surface area contributed by atoms with Crippen LogP contribution >= 0.6 is 0 Å². The molecule has 0 fully saturated rings. The molecule has 0 aromatic heterocycles. The van der Waals surface area contributed by atoms with Crippen molar-refractivity contribution in [3.05, 3.63) is 12.2 Å². The summed E-state index contributed by atoms with van der Waals surface area (Å²) in [7, 11) is 0. The minimum atomic E-state index is -1.38. The van der Waals surface area contributed by atoms with Crippen LogP contribution in [0, 0.1) is 0 Å². The molecule has 3 unspecified atom stereocenters. The minimum absolute atomic E-state index is 0.116. The highest BCUT2D eigenvalue weighted by molar-refractivity contribution is 5.77. The molecule has 0 aromatic rings. The maximum absolute atomic E-state index is 12.2. The van der Waals surface area contributed by atoms with Crippen molar-refractivity contribution in [1.29, 1.82) is 0 Å². The molecule has 0 saturated carbocycles. The fourth-order valence-electron chi connectivity index (χ4n) is 6.26. The highest BCUT2D eigenvalue weighted by Crippen LogP contribution is 2.32. The van der Waals surface area contributed by atoms with Gasteiger partial charge in [0.1, 0.15) is 6.04 Å². The summed E-state index contributed by atoms with van der Waals surface area (Å²) >= 11 is 0. The second kappa shape index (κ2) is 22.9. The number of carboxylic acid groups (broad SMARTS) is 3. The van der Waals surface area contributed by atoms with Crippen molar-refractivity contribution in [2.75, 3.05) is 6.54 Å². The summed E-state index contributed by atoms with van der Waals surface area (Å²) in [6, 6.07) is -3.44. The average Bonchev–Trinajstić information content (AvgIpc) is 2.88. The first kappa shape index (κ1) is 37.1. The molecular weight excluding hydrogens is 494 g/mol. The first-order valence-corrected chi connectivity index (χ1v) is 15.9. The van der Waals surface area contributed by atoms with Gasteiger partial charge in [-0.1, -0.05) is 117 Å². The standard InChI is InChI=1S/C32H59NO6/c1-5-9-10-11-12-13-14-15-16-17-18-19-20-21-22-23-24-25-26-33(27(6-2)30(34)35,28(7-3)31(36)37)29(8-4)32(38)39/h22-23,27-29H,5-21,24-26H2,1-4H3,(H2-,34,35,36,37,38,39)/b23-22+. The van der Waals surface area contributed by atoms with E-state index in [4.69, 9.17) is 0 Å². The SMILES string of the molecule is CCCCCCCCCCCCCCC/C=C/CCC[N+](C(CC)C(=O)[O-])(C(CC)C(=O)O)C(CC)C(=O)O. The molecule has 228 valence electrons. The van der Waals surface area contributed by atoms with Crippen molar-refractivity contribution >= 4 is 17.9 Å². The predicted molar refractivity (Wildman–Crippen MR) is 156 cm³/mol. The number of rotatable bonds is 27. The van der Waals surface area contributed by atoms with E-state index in [1.165, 1.54) is 77.0 Å². The van der Waals surface area contributed by atoms with E-state index >= 15 is 0 Å². The maximum atomic E-state index is 12.2.